The number of nitrogens with one attached hydrogen (secondary N) is 1. The second-order valence-corrected chi connectivity index (χ2v) is 6.49. The van der Waals surface area contributed by atoms with E-state index in [4.69, 9.17) is 0 Å². The molecule has 0 saturated carbocycles. The summed E-state index contributed by atoms with van der Waals surface area (Å²) in [6, 6.07) is 8.52. The smallest absolute Gasteiger partial charge is 0.0419 e. The minimum absolute atomic E-state index is 0.167. The summed E-state index contributed by atoms with van der Waals surface area (Å²) in [5, 5.41) is 3.47. The fourth-order valence-corrected chi connectivity index (χ4v) is 2.52. The highest BCUT2D eigenvalue weighted by molar-refractivity contribution is 5.78. The molecule has 0 spiro atoms. The van der Waals surface area contributed by atoms with E-state index in [1.807, 2.05) is 12.2 Å². The number of hydrogen-bond donors (Lipinski definition) is 1. The van der Waals surface area contributed by atoms with Gasteiger partial charge >= 0.3 is 0 Å². The van der Waals surface area contributed by atoms with Crippen LogP contribution in [0.4, 0.5) is 0 Å². The molecule has 1 aromatic rings. The summed E-state index contributed by atoms with van der Waals surface area (Å²) in [5.41, 5.74) is 6.15. The molecule has 1 heterocycles. The first-order valence-corrected chi connectivity index (χ1v) is 7.68. The Morgan fingerprint density at radius 2 is 2.00 bits per heavy atom. The molecule has 1 nitrogen and oxygen atoms in total. The minimum Gasteiger partial charge on any atom is -0.381 e. The summed E-state index contributed by atoms with van der Waals surface area (Å²) in [5.74, 6) is 0. The summed E-state index contributed by atoms with van der Waals surface area (Å²) in [7, 11) is 0. The van der Waals surface area contributed by atoms with Crippen molar-refractivity contribution in [2.45, 2.75) is 20.8 Å². The topological polar surface area (TPSA) is 12.0 Å². The number of dihydropyridines is 1. The monoisotopic (exact) mass is 291 g/mol. The molecule has 1 heteroatoms. The van der Waals surface area contributed by atoms with Crippen molar-refractivity contribution in [3.63, 3.8) is 0 Å². The van der Waals surface area contributed by atoms with E-state index < -0.39 is 0 Å². The van der Waals surface area contributed by atoms with Crippen LogP contribution in [0.5, 0.6) is 0 Å². The minimum atomic E-state index is 0.167. The highest BCUT2D eigenvalue weighted by atomic mass is 14.9. The van der Waals surface area contributed by atoms with Crippen LogP contribution < -0.4 is 5.32 Å². The Morgan fingerprint density at radius 1 is 1.23 bits per heavy atom. The Bertz CT molecular complexity index is 663. The fraction of sp³-hybridized carbons (Fsp3) is 0.238. The van der Waals surface area contributed by atoms with Crippen molar-refractivity contribution >= 4 is 11.3 Å². The van der Waals surface area contributed by atoms with Crippen molar-refractivity contribution in [3.05, 3.63) is 84.5 Å². The molecule has 1 aliphatic heterocycles. The molecule has 1 N–H and O–H groups in total. The molecular formula is C21H25N. The van der Waals surface area contributed by atoms with Crippen molar-refractivity contribution < 1.29 is 0 Å². The van der Waals surface area contributed by atoms with Crippen LogP contribution in [-0.4, -0.2) is 6.54 Å². The van der Waals surface area contributed by atoms with E-state index in [2.05, 4.69) is 75.7 Å². The van der Waals surface area contributed by atoms with Gasteiger partial charge in [0.2, 0.25) is 0 Å². The Morgan fingerprint density at radius 3 is 2.64 bits per heavy atom. The number of benzene rings is 1. The van der Waals surface area contributed by atoms with Crippen LogP contribution in [0.3, 0.4) is 0 Å². The summed E-state index contributed by atoms with van der Waals surface area (Å²) in [6.07, 6.45) is 10.2. The molecule has 1 aliphatic rings. The maximum absolute atomic E-state index is 3.89. The zero-order valence-electron chi connectivity index (χ0n) is 13.8. The Balaban J connectivity index is 2.40. The van der Waals surface area contributed by atoms with Crippen molar-refractivity contribution in [1.29, 1.82) is 0 Å². The SMILES string of the molecule is C=C/C=C(\C=C)c1cccc(C2=CC(C(C)(C)C)=CCN2)c1. The van der Waals surface area contributed by atoms with Gasteiger partial charge in [0.05, 0.1) is 0 Å². The van der Waals surface area contributed by atoms with E-state index in [-0.39, 0.29) is 5.41 Å². The van der Waals surface area contributed by atoms with Gasteiger partial charge in [0.15, 0.2) is 0 Å². The highest BCUT2D eigenvalue weighted by Gasteiger charge is 2.18. The lowest BCUT2D eigenvalue weighted by molar-refractivity contribution is 0.513. The molecule has 0 aliphatic carbocycles. The molecule has 0 bridgehead atoms. The van der Waals surface area contributed by atoms with Crippen LogP contribution in [-0.2, 0) is 0 Å². The van der Waals surface area contributed by atoms with Gasteiger partial charge in [-0.15, -0.1) is 0 Å². The van der Waals surface area contributed by atoms with E-state index in [1.165, 1.54) is 16.8 Å². The lowest BCUT2D eigenvalue weighted by Gasteiger charge is -2.26. The van der Waals surface area contributed by atoms with Gasteiger partial charge in [-0.05, 0) is 39.8 Å². The molecule has 0 aromatic heterocycles. The highest BCUT2D eigenvalue weighted by Crippen LogP contribution is 2.31. The summed E-state index contributed by atoms with van der Waals surface area (Å²) < 4.78 is 0. The first kappa shape index (κ1) is 16.1. The fourth-order valence-electron chi connectivity index (χ4n) is 2.52. The van der Waals surface area contributed by atoms with Gasteiger partial charge in [0.25, 0.3) is 0 Å². The zero-order valence-corrected chi connectivity index (χ0v) is 13.8. The number of hydrogen-bond acceptors (Lipinski definition) is 1. The second kappa shape index (κ2) is 6.65. The van der Waals surface area contributed by atoms with Crippen LogP contribution in [0.2, 0.25) is 0 Å². The summed E-state index contributed by atoms with van der Waals surface area (Å²) >= 11 is 0. The van der Waals surface area contributed by atoms with E-state index >= 15 is 0 Å². The van der Waals surface area contributed by atoms with Crippen LogP contribution in [0.15, 0.2) is 73.4 Å². The van der Waals surface area contributed by atoms with Gasteiger partial charge in [-0.2, -0.15) is 0 Å². The van der Waals surface area contributed by atoms with Crippen molar-refractivity contribution in [3.8, 4) is 0 Å². The van der Waals surface area contributed by atoms with Crippen LogP contribution >= 0.6 is 0 Å². The summed E-state index contributed by atoms with van der Waals surface area (Å²) in [4.78, 5) is 0. The lowest BCUT2D eigenvalue weighted by atomic mass is 9.84. The third kappa shape index (κ3) is 3.67. The molecule has 22 heavy (non-hydrogen) atoms. The molecule has 114 valence electrons. The normalized spacial score (nSPS) is 15.5. The molecular weight excluding hydrogens is 266 g/mol. The molecule has 1 aromatic carbocycles. The van der Waals surface area contributed by atoms with E-state index in [0.717, 1.165) is 17.7 Å². The van der Waals surface area contributed by atoms with Crippen molar-refractivity contribution in [1.82, 2.24) is 5.32 Å². The Labute approximate surface area is 134 Å². The number of allylic oxidation sites excluding steroid dienone is 6. The van der Waals surface area contributed by atoms with E-state index in [9.17, 15) is 0 Å². The van der Waals surface area contributed by atoms with Gasteiger partial charge in [-0.3, -0.25) is 0 Å². The first-order chi connectivity index (χ1) is 10.5. The third-order valence-electron chi connectivity index (χ3n) is 3.80. The van der Waals surface area contributed by atoms with Gasteiger partial charge in [-0.25, -0.2) is 0 Å². The Hall–Kier alpha value is -2.28. The zero-order chi connectivity index (χ0) is 16.2. The number of rotatable bonds is 4. The summed E-state index contributed by atoms with van der Waals surface area (Å²) in [6.45, 7) is 15.3. The predicted molar refractivity (Wildman–Crippen MR) is 98.3 cm³/mol. The van der Waals surface area contributed by atoms with Crippen LogP contribution in [0.25, 0.3) is 11.3 Å². The standard InChI is InChI=1S/C21H25N/c1-6-9-16(7-2)17-10-8-11-18(14-17)20-15-19(12-13-22-20)21(3,4)5/h6-12,14-15,22H,1-2,13H2,3-5H3/b16-9+. The maximum atomic E-state index is 3.89. The molecule has 0 atom stereocenters. The molecule has 0 amide bonds. The lowest BCUT2D eigenvalue weighted by Crippen LogP contribution is -2.20. The average molecular weight is 291 g/mol. The van der Waals surface area contributed by atoms with Gasteiger partial charge in [0, 0.05) is 12.2 Å². The van der Waals surface area contributed by atoms with E-state index in [0.29, 0.717) is 0 Å². The average Bonchev–Trinajstić information content (AvgIpc) is 2.52. The first-order valence-electron chi connectivity index (χ1n) is 7.68. The molecule has 2 rings (SSSR count). The second-order valence-electron chi connectivity index (χ2n) is 6.49. The maximum Gasteiger partial charge on any atom is 0.0419 e. The van der Waals surface area contributed by atoms with Crippen molar-refractivity contribution in [2.75, 3.05) is 6.54 Å². The largest absolute Gasteiger partial charge is 0.381 e. The molecule has 0 fully saturated rings. The van der Waals surface area contributed by atoms with Crippen molar-refractivity contribution in [2.24, 2.45) is 5.41 Å². The van der Waals surface area contributed by atoms with Gasteiger partial charge < -0.3 is 5.32 Å². The molecule has 0 saturated heterocycles. The quantitative estimate of drug-likeness (QED) is 0.736. The van der Waals surface area contributed by atoms with Crippen LogP contribution in [0.1, 0.15) is 31.9 Å². The van der Waals surface area contributed by atoms with Gasteiger partial charge in [0.1, 0.15) is 0 Å². The Kier molecular flexibility index (Phi) is 4.87. The molecule has 0 unspecified atom stereocenters. The van der Waals surface area contributed by atoms with Crippen LogP contribution in [0, 0.1) is 5.41 Å². The third-order valence-corrected chi connectivity index (χ3v) is 3.80. The van der Waals surface area contributed by atoms with Gasteiger partial charge in [-0.1, -0.05) is 76.4 Å². The van der Waals surface area contributed by atoms with E-state index in [1.54, 1.807) is 6.08 Å². The molecule has 0 radical (unpaired) electrons. The predicted octanol–water partition coefficient (Wildman–Crippen LogP) is 5.36.